The molecule has 0 spiro atoms. The van der Waals surface area contributed by atoms with Crippen molar-refractivity contribution in [2.24, 2.45) is 5.73 Å². The fourth-order valence-electron chi connectivity index (χ4n) is 2.00. The second-order valence-electron chi connectivity index (χ2n) is 4.32. The Morgan fingerprint density at radius 1 is 1.55 bits per heavy atom. The number of nitrogens with two attached hydrogens (primary N) is 1. The first-order valence-corrected chi connectivity index (χ1v) is 7.15. The van der Waals surface area contributed by atoms with Crippen LogP contribution in [-0.4, -0.2) is 21.9 Å². The monoisotopic (exact) mass is 294 g/mol. The number of H-pyrrole nitrogens is 1. The molecule has 20 heavy (non-hydrogen) atoms. The Balaban J connectivity index is 2.45. The molecule has 1 atom stereocenters. The van der Waals surface area contributed by atoms with Gasteiger partial charge in [0.1, 0.15) is 5.75 Å². The number of aromatic nitrogens is 3. The van der Waals surface area contributed by atoms with Crippen molar-refractivity contribution >= 4 is 11.8 Å². The van der Waals surface area contributed by atoms with Gasteiger partial charge < -0.3 is 10.5 Å². The van der Waals surface area contributed by atoms with Gasteiger partial charge in [0.15, 0.2) is 5.16 Å². The van der Waals surface area contributed by atoms with Crippen LogP contribution in [-0.2, 0) is 6.54 Å². The molecule has 3 N–H and O–H groups in total. The van der Waals surface area contributed by atoms with Gasteiger partial charge in [0.25, 0.3) is 0 Å². The Morgan fingerprint density at radius 2 is 2.30 bits per heavy atom. The van der Waals surface area contributed by atoms with E-state index in [1.165, 1.54) is 11.8 Å². The van der Waals surface area contributed by atoms with Crippen LogP contribution >= 0.6 is 11.8 Å². The summed E-state index contributed by atoms with van der Waals surface area (Å²) in [5.41, 5.74) is 6.74. The number of methoxy groups -OCH3 is 1. The largest absolute Gasteiger partial charge is 0.496 e. The van der Waals surface area contributed by atoms with Crippen LogP contribution in [0.2, 0.25) is 0 Å². The van der Waals surface area contributed by atoms with Crippen LogP contribution in [0.25, 0.3) is 0 Å². The summed E-state index contributed by atoms with van der Waals surface area (Å²) in [7, 11) is 1.62. The molecule has 108 valence electrons. The van der Waals surface area contributed by atoms with Crippen LogP contribution in [0.1, 0.15) is 25.5 Å². The third-order valence-corrected chi connectivity index (χ3v) is 4.01. The van der Waals surface area contributed by atoms with Gasteiger partial charge in [0, 0.05) is 23.0 Å². The number of ether oxygens (including phenoxy) is 1. The van der Waals surface area contributed by atoms with Gasteiger partial charge in [-0.1, -0.05) is 6.07 Å². The minimum Gasteiger partial charge on any atom is -0.496 e. The fourth-order valence-corrected chi connectivity index (χ4v) is 3.15. The van der Waals surface area contributed by atoms with Crippen molar-refractivity contribution in [3.8, 4) is 5.75 Å². The van der Waals surface area contributed by atoms with Gasteiger partial charge in [-0.3, -0.25) is 4.57 Å². The van der Waals surface area contributed by atoms with Crippen molar-refractivity contribution in [3.05, 3.63) is 34.2 Å². The predicted octanol–water partition coefficient (Wildman–Crippen LogP) is 1.77. The van der Waals surface area contributed by atoms with Crippen molar-refractivity contribution in [2.75, 3.05) is 7.11 Å². The molecule has 1 aromatic heterocycles. The Hall–Kier alpha value is -1.73. The van der Waals surface area contributed by atoms with Crippen molar-refractivity contribution in [2.45, 2.75) is 36.5 Å². The molecule has 7 heteroatoms. The number of benzene rings is 1. The molecule has 0 fully saturated rings. The molecule has 0 saturated carbocycles. The summed E-state index contributed by atoms with van der Waals surface area (Å²) in [6, 6.07) is 5.55. The van der Waals surface area contributed by atoms with Gasteiger partial charge in [-0.15, -0.1) is 5.10 Å². The lowest BCUT2D eigenvalue weighted by Gasteiger charge is -2.16. The summed E-state index contributed by atoms with van der Waals surface area (Å²) < 4.78 is 6.94. The summed E-state index contributed by atoms with van der Waals surface area (Å²) in [5, 5.41) is 7.12. The van der Waals surface area contributed by atoms with E-state index in [2.05, 4.69) is 10.2 Å². The Kier molecular flexibility index (Phi) is 4.51. The summed E-state index contributed by atoms with van der Waals surface area (Å²) >= 11 is 1.40. The first-order chi connectivity index (χ1) is 9.58. The lowest BCUT2D eigenvalue weighted by molar-refractivity contribution is 0.405. The highest BCUT2D eigenvalue weighted by molar-refractivity contribution is 7.99. The SMILES string of the molecule is CCn1c(Sc2cccc(OC)c2C(C)N)n[nH]c1=O. The second kappa shape index (κ2) is 6.15. The quantitative estimate of drug-likeness (QED) is 0.877. The van der Waals surface area contributed by atoms with Crippen molar-refractivity contribution in [1.82, 2.24) is 14.8 Å². The first kappa shape index (κ1) is 14.7. The Morgan fingerprint density at radius 3 is 2.90 bits per heavy atom. The zero-order valence-corrected chi connectivity index (χ0v) is 12.5. The van der Waals surface area contributed by atoms with E-state index in [0.29, 0.717) is 11.7 Å². The Labute approximate surface area is 121 Å². The van der Waals surface area contributed by atoms with Gasteiger partial charge in [0.2, 0.25) is 0 Å². The number of hydrogen-bond donors (Lipinski definition) is 2. The predicted molar refractivity (Wildman–Crippen MR) is 78.2 cm³/mol. The average Bonchev–Trinajstić information content (AvgIpc) is 2.78. The maximum Gasteiger partial charge on any atom is 0.343 e. The first-order valence-electron chi connectivity index (χ1n) is 6.34. The van der Waals surface area contributed by atoms with Crippen molar-refractivity contribution < 1.29 is 4.74 Å². The zero-order chi connectivity index (χ0) is 14.7. The van der Waals surface area contributed by atoms with Crippen LogP contribution in [0.4, 0.5) is 0 Å². The highest BCUT2D eigenvalue weighted by atomic mass is 32.2. The average molecular weight is 294 g/mol. The molecule has 0 aliphatic carbocycles. The number of aromatic amines is 1. The van der Waals surface area contributed by atoms with Crippen LogP contribution in [0.5, 0.6) is 5.75 Å². The van der Waals surface area contributed by atoms with Crippen LogP contribution in [0, 0.1) is 0 Å². The van der Waals surface area contributed by atoms with E-state index in [4.69, 9.17) is 10.5 Å². The normalized spacial score (nSPS) is 12.4. The van der Waals surface area contributed by atoms with Gasteiger partial charge in [-0.25, -0.2) is 9.89 Å². The van der Waals surface area contributed by atoms with E-state index < -0.39 is 0 Å². The molecule has 0 aliphatic rings. The third kappa shape index (κ3) is 2.73. The smallest absolute Gasteiger partial charge is 0.343 e. The van der Waals surface area contributed by atoms with Crippen molar-refractivity contribution in [3.63, 3.8) is 0 Å². The maximum absolute atomic E-state index is 11.6. The molecule has 2 aromatic rings. The van der Waals surface area contributed by atoms with E-state index in [0.717, 1.165) is 16.2 Å². The molecule has 0 radical (unpaired) electrons. The number of rotatable bonds is 5. The lowest BCUT2D eigenvalue weighted by atomic mass is 10.1. The van der Waals surface area contributed by atoms with E-state index in [1.54, 1.807) is 11.7 Å². The minimum absolute atomic E-state index is 0.172. The summed E-state index contributed by atoms with van der Waals surface area (Å²) in [5.74, 6) is 0.742. The highest BCUT2D eigenvalue weighted by Gasteiger charge is 2.16. The van der Waals surface area contributed by atoms with E-state index >= 15 is 0 Å². The molecule has 0 aliphatic heterocycles. The van der Waals surface area contributed by atoms with Gasteiger partial charge >= 0.3 is 5.69 Å². The highest BCUT2D eigenvalue weighted by Crippen LogP contribution is 2.36. The molecule has 0 bridgehead atoms. The molecule has 2 rings (SSSR count). The topological polar surface area (TPSA) is 85.9 Å². The number of hydrogen-bond acceptors (Lipinski definition) is 5. The minimum atomic E-state index is -0.208. The molecule has 6 nitrogen and oxygen atoms in total. The molecule has 0 saturated heterocycles. The van der Waals surface area contributed by atoms with E-state index in [1.807, 2.05) is 32.0 Å². The van der Waals surface area contributed by atoms with Gasteiger partial charge in [-0.2, -0.15) is 0 Å². The van der Waals surface area contributed by atoms with E-state index in [-0.39, 0.29) is 11.7 Å². The maximum atomic E-state index is 11.6. The fraction of sp³-hybridized carbons (Fsp3) is 0.385. The lowest BCUT2D eigenvalue weighted by Crippen LogP contribution is -2.16. The standard InChI is InChI=1S/C13H18N4O2S/c1-4-17-12(18)15-16-13(17)20-10-7-5-6-9(19-3)11(10)8(2)14/h5-8H,4,14H2,1-3H3,(H,15,18). The molecule has 0 amide bonds. The van der Waals surface area contributed by atoms with Crippen LogP contribution in [0.15, 0.2) is 33.0 Å². The second-order valence-corrected chi connectivity index (χ2v) is 5.33. The molecular weight excluding hydrogens is 276 g/mol. The van der Waals surface area contributed by atoms with Crippen LogP contribution < -0.4 is 16.2 Å². The van der Waals surface area contributed by atoms with Gasteiger partial charge in [-0.05, 0) is 37.7 Å². The molecule has 1 unspecified atom stereocenters. The molecule has 1 heterocycles. The van der Waals surface area contributed by atoms with E-state index in [9.17, 15) is 4.79 Å². The molecular formula is C13H18N4O2S. The van der Waals surface area contributed by atoms with Crippen LogP contribution in [0.3, 0.4) is 0 Å². The third-order valence-electron chi connectivity index (χ3n) is 2.94. The summed E-state index contributed by atoms with van der Waals surface area (Å²) in [4.78, 5) is 12.5. The van der Waals surface area contributed by atoms with Gasteiger partial charge in [0.05, 0.1) is 7.11 Å². The zero-order valence-electron chi connectivity index (χ0n) is 11.7. The molecule has 1 aromatic carbocycles. The van der Waals surface area contributed by atoms with Crippen molar-refractivity contribution in [1.29, 1.82) is 0 Å². The number of nitrogens with one attached hydrogen (secondary N) is 1. The summed E-state index contributed by atoms with van der Waals surface area (Å²) in [6.45, 7) is 4.37. The number of nitrogens with zero attached hydrogens (tertiary/aromatic N) is 2. The summed E-state index contributed by atoms with van der Waals surface area (Å²) in [6.07, 6.45) is 0. The Bertz CT molecular complexity index is 648.